The van der Waals surface area contributed by atoms with E-state index in [0.29, 0.717) is 24.1 Å². The number of carbonyl (C=O) groups is 3. The minimum absolute atomic E-state index is 0.0356. The first-order valence-corrected chi connectivity index (χ1v) is 7.85. The van der Waals surface area contributed by atoms with Crippen LogP contribution in [-0.2, 0) is 4.79 Å². The summed E-state index contributed by atoms with van der Waals surface area (Å²) in [6, 6.07) is 5.60. The summed E-state index contributed by atoms with van der Waals surface area (Å²) in [5.74, 6) is -1.46. The highest BCUT2D eigenvalue weighted by Crippen LogP contribution is 2.20. The average Bonchev–Trinajstić information content (AvgIpc) is 2.53. The van der Waals surface area contributed by atoms with Crippen molar-refractivity contribution in [3.63, 3.8) is 0 Å². The van der Waals surface area contributed by atoms with Crippen LogP contribution in [0.4, 0.5) is 0 Å². The van der Waals surface area contributed by atoms with Crippen LogP contribution in [0.25, 0.3) is 0 Å². The Kier molecular flexibility index (Phi) is 5.36. The van der Waals surface area contributed by atoms with Crippen molar-refractivity contribution in [2.24, 2.45) is 0 Å². The zero-order valence-corrected chi connectivity index (χ0v) is 13.4. The van der Waals surface area contributed by atoms with E-state index in [1.165, 1.54) is 4.90 Å². The number of hydrogen-bond donors (Lipinski definition) is 2. The molecule has 0 spiro atoms. The first-order valence-electron chi connectivity index (χ1n) is 7.85. The van der Waals surface area contributed by atoms with E-state index in [-0.39, 0.29) is 17.9 Å². The molecule has 0 aliphatic carbocycles. The third kappa shape index (κ3) is 4.09. The molecule has 2 rings (SSSR count). The smallest absolute Gasteiger partial charge is 0.326 e. The molecule has 1 saturated heterocycles. The first kappa shape index (κ1) is 17.0. The van der Waals surface area contributed by atoms with Crippen LogP contribution >= 0.6 is 0 Å². The van der Waals surface area contributed by atoms with Gasteiger partial charge in [0.15, 0.2) is 0 Å². The number of rotatable bonds is 4. The molecule has 1 aliphatic rings. The van der Waals surface area contributed by atoms with Crippen LogP contribution in [0.15, 0.2) is 24.3 Å². The number of amides is 2. The molecule has 0 unspecified atom stereocenters. The minimum atomic E-state index is -0.967. The summed E-state index contributed by atoms with van der Waals surface area (Å²) in [4.78, 5) is 37.1. The van der Waals surface area contributed by atoms with Crippen molar-refractivity contribution in [3.8, 4) is 0 Å². The Hall–Kier alpha value is -2.37. The molecule has 2 amide bonds. The fourth-order valence-corrected chi connectivity index (χ4v) is 2.71. The molecule has 1 aromatic carbocycles. The lowest BCUT2D eigenvalue weighted by atomic mass is 10.0. The molecule has 6 nitrogen and oxygen atoms in total. The monoisotopic (exact) mass is 318 g/mol. The van der Waals surface area contributed by atoms with Gasteiger partial charge in [-0.05, 0) is 57.4 Å². The van der Waals surface area contributed by atoms with Gasteiger partial charge >= 0.3 is 5.97 Å². The predicted octanol–water partition coefficient (Wildman–Crippen LogP) is 1.90. The van der Waals surface area contributed by atoms with E-state index in [1.54, 1.807) is 24.3 Å². The molecule has 1 aliphatic heterocycles. The van der Waals surface area contributed by atoms with E-state index in [0.717, 1.165) is 12.8 Å². The lowest BCUT2D eigenvalue weighted by molar-refractivity contribution is -0.143. The number of benzene rings is 1. The summed E-state index contributed by atoms with van der Waals surface area (Å²) in [5, 5.41) is 12.0. The SMILES string of the molecule is CC(C)NC(=O)c1ccc(C(=O)N2CCCC[C@@H]2C(=O)O)cc1. The molecular formula is C17H22N2O4. The molecule has 2 N–H and O–H groups in total. The molecule has 1 fully saturated rings. The Bertz CT molecular complexity index is 595. The van der Waals surface area contributed by atoms with Crippen LogP contribution in [-0.4, -0.2) is 46.4 Å². The van der Waals surface area contributed by atoms with Gasteiger partial charge in [-0.2, -0.15) is 0 Å². The summed E-state index contributed by atoms with van der Waals surface area (Å²) in [5.41, 5.74) is 0.878. The molecule has 1 heterocycles. The van der Waals surface area contributed by atoms with Gasteiger partial charge in [-0.15, -0.1) is 0 Å². The molecule has 0 saturated carbocycles. The summed E-state index contributed by atoms with van der Waals surface area (Å²) >= 11 is 0. The van der Waals surface area contributed by atoms with Crippen molar-refractivity contribution < 1.29 is 19.5 Å². The lowest BCUT2D eigenvalue weighted by Gasteiger charge is -2.33. The predicted molar refractivity (Wildman–Crippen MR) is 85.4 cm³/mol. The first-order chi connectivity index (χ1) is 10.9. The summed E-state index contributed by atoms with van der Waals surface area (Å²) in [7, 11) is 0. The highest BCUT2D eigenvalue weighted by molar-refractivity contribution is 5.99. The standard InChI is InChI=1S/C17H22N2O4/c1-11(2)18-15(20)12-6-8-13(9-7-12)16(21)19-10-4-3-5-14(19)17(22)23/h6-9,11,14H,3-5,10H2,1-2H3,(H,18,20)(H,22,23)/t14-/m1/s1. The van der Waals surface area contributed by atoms with Crippen molar-refractivity contribution in [2.75, 3.05) is 6.54 Å². The quantitative estimate of drug-likeness (QED) is 0.888. The zero-order chi connectivity index (χ0) is 17.0. The van der Waals surface area contributed by atoms with E-state index in [2.05, 4.69) is 5.32 Å². The maximum Gasteiger partial charge on any atom is 0.326 e. The van der Waals surface area contributed by atoms with Crippen molar-refractivity contribution in [1.82, 2.24) is 10.2 Å². The molecule has 1 atom stereocenters. The molecule has 0 radical (unpaired) electrons. The van der Waals surface area contributed by atoms with E-state index in [9.17, 15) is 19.5 Å². The van der Waals surface area contributed by atoms with Crippen LogP contribution in [0.1, 0.15) is 53.8 Å². The number of piperidine rings is 1. The van der Waals surface area contributed by atoms with Crippen LogP contribution in [0, 0.1) is 0 Å². The molecule has 23 heavy (non-hydrogen) atoms. The van der Waals surface area contributed by atoms with Crippen LogP contribution in [0.2, 0.25) is 0 Å². The molecule has 6 heteroatoms. The second kappa shape index (κ2) is 7.26. The van der Waals surface area contributed by atoms with Gasteiger partial charge in [0.05, 0.1) is 0 Å². The van der Waals surface area contributed by atoms with Crippen LogP contribution in [0.3, 0.4) is 0 Å². The number of nitrogens with zero attached hydrogens (tertiary/aromatic N) is 1. The van der Waals surface area contributed by atoms with Gasteiger partial charge in [0.2, 0.25) is 0 Å². The van der Waals surface area contributed by atoms with Gasteiger partial charge in [-0.1, -0.05) is 0 Å². The van der Waals surface area contributed by atoms with Crippen LogP contribution < -0.4 is 5.32 Å². The van der Waals surface area contributed by atoms with Crippen molar-refractivity contribution in [3.05, 3.63) is 35.4 Å². The normalized spacial score (nSPS) is 17.9. The minimum Gasteiger partial charge on any atom is -0.480 e. The van der Waals surface area contributed by atoms with Gasteiger partial charge < -0.3 is 15.3 Å². The fraction of sp³-hybridized carbons (Fsp3) is 0.471. The number of likely N-dealkylation sites (tertiary alicyclic amines) is 1. The Balaban J connectivity index is 2.13. The van der Waals surface area contributed by atoms with E-state index in [4.69, 9.17) is 0 Å². The number of carboxylic acid groups (broad SMARTS) is 1. The highest BCUT2D eigenvalue weighted by atomic mass is 16.4. The third-order valence-electron chi connectivity index (χ3n) is 3.86. The largest absolute Gasteiger partial charge is 0.480 e. The number of carboxylic acids is 1. The van der Waals surface area contributed by atoms with Crippen molar-refractivity contribution in [1.29, 1.82) is 0 Å². The Morgan fingerprint density at radius 2 is 1.74 bits per heavy atom. The van der Waals surface area contributed by atoms with E-state index < -0.39 is 12.0 Å². The molecule has 0 bridgehead atoms. The number of nitrogens with one attached hydrogen (secondary N) is 1. The van der Waals surface area contributed by atoms with Crippen LogP contribution in [0.5, 0.6) is 0 Å². The maximum absolute atomic E-state index is 12.5. The topological polar surface area (TPSA) is 86.7 Å². The second-order valence-electron chi connectivity index (χ2n) is 6.05. The maximum atomic E-state index is 12.5. The Morgan fingerprint density at radius 3 is 2.30 bits per heavy atom. The van der Waals surface area contributed by atoms with Crippen molar-refractivity contribution in [2.45, 2.75) is 45.2 Å². The number of carbonyl (C=O) groups excluding carboxylic acids is 2. The number of aliphatic carboxylic acids is 1. The molecule has 0 aromatic heterocycles. The summed E-state index contributed by atoms with van der Waals surface area (Å²) in [6.45, 7) is 4.20. The highest BCUT2D eigenvalue weighted by Gasteiger charge is 2.32. The Labute approximate surface area is 135 Å². The molecule has 124 valence electrons. The van der Waals surface area contributed by atoms with Gasteiger partial charge in [0, 0.05) is 23.7 Å². The Morgan fingerprint density at radius 1 is 1.13 bits per heavy atom. The molecular weight excluding hydrogens is 296 g/mol. The van der Waals surface area contributed by atoms with Gasteiger partial charge in [-0.25, -0.2) is 4.79 Å². The molecule has 1 aromatic rings. The third-order valence-corrected chi connectivity index (χ3v) is 3.86. The summed E-state index contributed by atoms with van der Waals surface area (Å²) < 4.78 is 0. The summed E-state index contributed by atoms with van der Waals surface area (Å²) in [6.07, 6.45) is 2.11. The zero-order valence-electron chi connectivity index (χ0n) is 13.4. The number of hydrogen-bond acceptors (Lipinski definition) is 3. The van der Waals surface area contributed by atoms with Gasteiger partial charge in [0.1, 0.15) is 6.04 Å². The fourth-order valence-electron chi connectivity index (χ4n) is 2.71. The lowest BCUT2D eigenvalue weighted by Crippen LogP contribution is -2.48. The second-order valence-corrected chi connectivity index (χ2v) is 6.05. The van der Waals surface area contributed by atoms with Crippen molar-refractivity contribution >= 4 is 17.8 Å². The van der Waals surface area contributed by atoms with E-state index >= 15 is 0 Å². The average molecular weight is 318 g/mol. The van der Waals surface area contributed by atoms with E-state index in [1.807, 2.05) is 13.8 Å². The van der Waals surface area contributed by atoms with Gasteiger partial charge in [-0.3, -0.25) is 9.59 Å². The van der Waals surface area contributed by atoms with Gasteiger partial charge in [0.25, 0.3) is 11.8 Å².